The molecule has 0 aliphatic carbocycles. The normalized spacial score (nSPS) is 13.4. The lowest BCUT2D eigenvalue weighted by Gasteiger charge is -2.24. The number of aryl methyl sites for hydroxylation is 1. The number of thioether (sulfide) groups is 1. The second kappa shape index (κ2) is 8.69. The van der Waals surface area contributed by atoms with E-state index in [-0.39, 0.29) is 11.7 Å². The van der Waals surface area contributed by atoms with E-state index >= 15 is 0 Å². The summed E-state index contributed by atoms with van der Waals surface area (Å²) in [6, 6.07) is 5.83. The fourth-order valence-electron chi connectivity index (χ4n) is 3.17. The Hall–Kier alpha value is -1.85. The predicted molar refractivity (Wildman–Crippen MR) is 111 cm³/mol. The molecule has 0 amide bonds. The molecule has 1 aromatic heterocycles. The first-order valence-corrected chi connectivity index (χ1v) is 10.1. The van der Waals surface area contributed by atoms with Gasteiger partial charge in [0.25, 0.3) is 5.56 Å². The van der Waals surface area contributed by atoms with Crippen LogP contribution in [0.25, 0.3) is 15.7 Å². The molecule has 0 saturated heterocycles. The molecule has 0 radical (unpaired) electrons. The second-order valence-corrected chi connectivity index (χ2v) is 7.44. The van der Waals surface area contributed by atoms with E-state index in [1.54, 1.807) is 23.4 Å². The van der Waals surface area contributed by atoms with E-state index in [1.165, 1.54) is 0 Å². The van der Waals surface area contributed by atoms with Crippen LogP contribution in [0.15, 0.2) is 29.1 Å². The number of pyridine rings is 1. The first kappa shape index (κ1) is 20.5. The summed E-state index contributed by atoms with van der Waals surface area (Å²) in [6.45, 7) is 7.85. The molecule has 0 fully saturated rings. The molecule has 0 spiro atoms. The number of benzene rings is 1. The zero-order valence-corrected chi connectivity index (χ0v) is 17.1. The van der Waals surface area contributed by atoms with Crippen LogP contribution in [0, 0.1) is 6.92 Å². The fraction of sp³-hybridized carbons (Fsp3) is 0.429. The minimum Gasteiger partial charge on any atom is -0.362 e. The van der Waals surface area contributed by atoms with Crippen molar-refractivity contribution in [3.63, 3.8) is 0 Å². The van der Waals surface area contributed by atoms with Crippen LogP contribution >= 0.6 is 11.8 Å². The Labute approximate surface area is 159 Å². The smallest absolute Gasteiger partial charge is 0.258 e. The maximum Gasteiger partial charge on any atom is 0.258 e. The third-order valence-corrected chi connectivity index (χ3v) is 5.08. The molecule has 0 aliphatic rings. The number of carbonyl (C=O) groups is 1. The first-order chi connectivity index (χ1) is 12.3. The molecule has 1 unspecified atom stereocenters. The zero-order chi connectivity index (χ0) is 19.4. The standard InChI is InChI=1S/C21H27NO3S/c1-7-8-18(26-6)19-16-11-14(4)9-10-15(16)21(24)22(5)20(19)17(12-23)25-13(2)3/h8-13,17H,7H2,1-6H3/b18-8-. The maximum absolute atomic E-state index is 13.0. The fourth-order valence-corrected chi connectivity index (χ4v) is 3.92. The van der Waals surface area contributed by atoms with Crippen molar-refractivity contribution in [2.24, 2.45) is 7.05 Å². The van der Waals surface area contributed by atoms with E-state index < -0.39 is 6.10 Å². The van der Waals surface area contributed by atoms with Crippen molar-refractivity contribution >= 4 is 33.7 Å². The summed E-state index contributed by atoms with van der Waals surface area (Å²) >= 11 is 1.62. The molecule has 0 saturated carbocycles. The number of nitrogens with zero attached hydrogens (tertiary/aromatic N) is 1. The van der Waals surface area contributed by atoms with Gasteiger partial charge in [-0.15, -0.1) is 11.8 Å². The van der Waals surface area contributed by atoms with Crippen molar-refractivity contribution in [3.05, 3.63) is 51.4 Å². The highest BCUT2D eigenvalue weighted by Gasteiger charge is 2.25. The Bertz CT molecular complexity index is 896. The van der Waals surface area contributed by atoms with Crippen molar-refractivity contribution in [1.82, 2.24) is 4.57 Å². The number of fused-ring (bicyclic) bond motifs is 1. The van der Waals surface area contributed by atoms with E-state index in [2.05, 4.69) is 13.0 Å². The van der Waals surface area contributed by atoms with Gasteiger partial charge in [-0.05, 0) is 44.9 Å². The SMILES string of the molecule is CC/C=C(\SC)c1c(C(C=O)OC(C)C)n(C)c(=O)c2ccc(C)cc12. The molecular weight excluding hydrogens is 346 g/mol. The van der Waals surface area contributed by atoms with Crippen LogP contribution in [0.5, 0.6) is 0 Å². The van der Waals surface area contributed by atoms with Crippen LogP contribution in [0.2, 0.25) is 0 Å². The highest BCUT2D eigenvalue weighted by Crippen LogP contribution is 2.37. The van der Waals surface area contributed by atoms with E-state index in [0.717, 1.165) is 34.1 Å². The summed E-state index contributed by atoms with van der Waals surface area (Å²) in [5.74, 6) is 0. The molecule has 1 aromatic carbocycles. The number of hydrogen-bond acceptors (Lipinski definition) is 4. The van der Waals surface area contributed by atoms with Gasteiger partial charge >= 0.3 is 0 Å². The summed E-state index contributed by atoms with van der Waals surface area (Å²) in [5.41, 5.74) is 2.49. The van der Waals surface area contributed by atoms with E-state index in [4.69, 9.17) is 4.74 Å². The van der Waals surface area contributed by atoms with E-state index in [1.807, 2.05) is 45.2 Å². The van der Waals surface area contributed by atoms with Crippen LogP contribution in [-0.4, -0.2) is 23.2 Å². The lowest BCUT2D eigenvalue weighted by molar-refractivity contribution is -0.121. The molecule has 0 N–H and O–H groups in total. The molecule has 2 aromatic rings. The van der Waals surface area contributed by atoms with Crippen LogP contribution in [0.1, 0.15) is 50.1 Å². The summed E-state index contributed by atoms with van der Waals surface area (Å²) in [4.78, 5) is 25.9. The average Bonchev–Trinajstić information content (AvgIpc) is 2.60. The summed E-state index contributed by atoms with van der Waals surface area (Å²) in [7, 11) is 1.71. The summed E-state index contributed by atoms with van der Waals surface area (Å²) < 4.78 is 7.41. The predicted octanol–water partition coefficient (Wildman–Crippen LogP) is 4.63. The average molecular weight is 374 g/mol. The number of aromatic nitrogens is 1. The van der Waals surface area contributed by atoms with Crippen LogP contribution in [-0.2, 0) is 16.6 Å². The molecular formula is C21H27NO3S. The molecule has 1 atom stereocenters. The first-order valence-electron chi connectivity index (χ1n) is 8.84. The Morgan fingerprint density at radius 2 is 2.00 bits per heavy atom. The van der Waals surface area contributed by atoms with Gasteiger partial charge in [-0.2, -0.15) is 0 Å². The highest BCUT2D eigenvalue weighted by molar-refractivity contribution is 8.07. The van der Waals surface area contributed by atoms with Crippen molar-refractivity contribution in [2.75, 3.05) is 6.26 Å². The summed E-state index contributed by atoms with van der Waals surface area (Å²) in [6.07, 6.45) is 4.87. The quantitative estimate of drug-likeness (QED) is 0.664. The number of ether oxygens (including phenoxy) is 1. The van der Waals surface area contributed by atoms with Gasteiger partial charge in [0.1, 0.15) is 0 Å². The Kier molecular flexibility index (Phi) is 6.84. The monoisotopic (exact) mass is 373 g/mol. The van der Waals surface area contributed by atoms with Gasteiger partial charge in [-0.3, -0.25) is 4.79 Å². The molecule has 26 heavy (non-hydrogen) atoms. The van der Waals surface area contributed by atoms with Crippen molar-refractivity contribution in [2.45, 2.75) is 46.3 Å². The second-order valence-electron chi connectivity index (χ2n) is 6.60. The lowest BCUT2D eigenvalue weighted by atomic mass is 9.98. The van der Waals surface area contributed by atoms with Crippen molar-refractivity contribution < 1.29 is 9.53 Å². The largest absolute Gasteiger partial charge is 0.362 e. The van der Waals surface area contributed by atoms with Gasteiger partial charge in [-0.25, -0.2) is 0 Å². The molecule has 2 rings (SSSR count). The number of aldehydes is 1. The van der Waals surface area contributed by atoms with Crippen LogP contribution < -0.4 is 5.56 Å². The molecule has 1 heterocycles. The highest BCUT2D eigenvalue weighted by atomic mass is 32.2. The third-order valence-electron chi connectivity index (χ3n) is 4.26. The van der Waals surface area contributed by atoms with E-state index in [0.29, 0.717) is 11.1 Å². The van der Waals surface area contributed by atoms with Crippen molar-refractivity contribution in [1.29, 1.82) is 0 Å². The van der Waals surface area contributed by atoms with Gasteiger partial charge < -0.3 is 14.1 Å². The van der Waals surface area contributed by atoms with Crippen LogP contribution in [0.3, 0.4) is 0 Å². The van der Waals surface area contributed by atoms with Gasteiger partial charge in [0, 0.05) is 22.9 Å². The Balaban J connectivity index is 3.01. The molecule has 4 nitrogen and oxygen atoms in total. The minimum atomic E-state index is -0.792. The lowest BCUT2D eigenvalue weighted by Crippen LogP contribution is -2.27. The maximum atomic E-state index is 13.0. The van der Waals surface area contributed by atoms with Gasteiger partial charge in [-0.1, -0.05) is 30.7 Å². The van der Waals surface area contributed by atoms with Gasteiger partial charge in [0.2, 0.25) is 0 Å². The minimum absolute atomic E-state index is 0.116. The Morgan fingerprint density at radius 1 is 1.31 bits per heavy atom. The summed E-state index contributed by atoms with van der Waals surface area (Å²) in [5, 5.41) is 1.53. The molecule has 0 aliphatic heterocycles. The number of rotatable bonds is 7. The number of allylic oxidation sites excluding steroid dienone is 1. The molecule has 140 valence electrons. The van der Waals surface area contributed by atoms with E-state index in [9.17, 15) is 9.59 Å². The third kappa shape index (κ3) is 3.94. The van der Waals surface area contributed by atoms with Gasteiger partial charge in [0.15, 0.2) is 12.4 Å². The zero-order valence-electron chi connectivity index (χ0n) is 16.3. The molecule has 0 bridgehead atoms. The Morgan fingerprint density at radius 3 is 2.54 bits per heavy atom. The van der Waals surface area contributed by atoms with Crippen molar-refractivity contribution in [3.8, 4) is 0 Å². The number of carbonyl (C=O) groups excluding carboxylic acids is 1. The molecule has 5 heteroatoms. The van der Waals surface area contributed by atoms with Crippen LogP contribution in [0.4, 0.5) is 0 Å². The topological polar surface area (TPSA) is 48.3 Å². The van der Waals surface area contributed by atoms with Gasteiger partial charge in [0.05, 0.1) is 11.8 Å². The number of hydrogen-bond donors (Lipinski definition) is 0.